The number of nitrogens with one attached hydrogen (secondary N) is 1. The molecule has 0 radical (unpaired) electrons. The van der Waals surface area contributed by atoms with Crippen molar-refractivity contribution >= 4 is 15.9 Å². The topological polar surface area (TPSA) is 12.0 Å². The molecule has 6 heteroatoms. The first kappa shape index (κ1) is 14.4. The molecule has 1 aromatic rings. The first-order chi connectivity index (χ1) is 7.78. The summed E-state index contributed by atoms with van der Waals surface area (Å²) < 4.78 is 49.5. The molecule has 0 fully saturated rings. The van der Waals surface area contributed by atoms with Crippen LogP contribution in [0.3, 0.4) is 0 Å². The van der Waals surface area contributed by atoms with Crippen LogP contribution in [0, 0.1) is 5.82 Å². The standard InChI is InChI=1S/C11H12BrF4N/c1-7(5-11(14,15)16)17-6-8-2-3-9(13)4-10(8)12/h2-4,7,17H,5-6H2,1H3. The molecule has 0 spiro atoms. The van der Waals surface area contributed by atoms with E-state index in [1.54, 1.807) is 0 Å². The predicted octanol–water partition coefficient (Wildman–Crippen LogP) is 4.02. The van der Waals surface area contributed by atoms with Crippen molar-refractivity contribution in [1.82, 2.24) is 5.32 Å². The fourth-order valence-corrected chi connectivity index (χ4v) is 1.86. The molecule has 0 aliphatic rings. The summed E-state index contributed by atoms with van der Waals surface area (Å²) in [6.45, 7) is 1.73. The Morgan fingerprint density at radius 2 is 2.00 bits per heavy atom. The van der Waals surface area contributed by atoms with Crippen LogP contribution in [0.2, 0.25) is 0 Å². The Morgan fingerprint density at radius 1 is 1.35 bits per heavy atom. The van der Waals surface area contributed by atoms with E-state index in [1.807, 2.05) is 0 Å². The molecular weight excluding hydrogens is 302 g/mol. The fourth-order valence-electron chi connectivity index (χ4n) is 1.37. The average molecular weight is 314 g/mol. The van der Waals surface area contributed by atoms with Gasteiger partial charge in [-0.05, 0) is 24.6 Å². The van der Waals surface area contributed by atoms with Crippen LogP contribution in [-0.4, -0.2) is 12.2 Å². The number of halogens is 5. The van der Waals surface area contributed by atoms with Crippen molar-refractivity contribution in [3.05, 3.63) is 34.1 Å². The molecule has 1 atom stereocenters. The molecule has 96 valence electrons. The second-order valence-corrected chi connectivity index (χ2v) is 4.69. The van der Waals surface area contributed by atoms with E-state index in [2.05, 4.69) is 21.2 Å². The number of benzene rings is 1. The zero-order valence-electron chi connectivity index (χ0n) is 9.11. The third-order valence-corrected chi connectivity index (χ3v) is 2.93. The Labute approximate surface area is 105 Å². The molecule has 0 aromatic heterocycles. The number of alkyl halides is 3. The number of hydrogen-bond acceptors (Lipinski definition) is 1. The number of rotatable bonds is 4. The van der Waals surface area contributed by atoms with Crippen LogP contribution in [0.5, 0.6) is 0 Å². The Hall–Kier alpha value is -0.620. The molecule has 0 aliphatic heterocycles. The van der Waals surface area contributed by atoms with Crippen molar-refractivity contribution in [2.75, 3.05) is 0 Å². The van der Waals surface area contributed by atoms with E-state index in [9.17, 15) is 17.6 Å². The van der Waals surface area contributed by atoms with Crippen molar-refractivity contribution in [3.63, 3.8) is 0 Å². The Bertz CT molecular complexity index is 378. The molecule has 0 saturated heterocycles. The van der Waals surface area contributed by atoms with Crippen molar-refractivity contribution in [2.24, 2.45) is 0 Å². The van der Waals surface area contributed by atoms with Gasteiger partial charge in [-0.25, -0.2) is 4.39 Å². The van der Waals surface area contributed by atoms with Crippen molar-refractivity contribution in [3.8, 4) is 0 Å². The average Bonchev–Trinajstić information content (AvgIpc) is 2.13. The van der Waals surface area contributed by atoms with Crippen LogP contribution >= 0.6 is 15.9 Å². The van der Waals surface area contributed by atoms with Gasteiger partial charge < -0.3 is 5.32 Å². The van der Waals surface area contributed by atoms with Gasteiger partial charge >= 0.3 is 6.18 Å². The Morgan fingerprint density at radius 3 is 2.53 bits per heavy atom. The highest BCUT2D eigenvalue weighted by molar-refractivity contribution is 9.10. The molecule has 0 heterocycles. The largest absolute Gasteiger partial charge is 0.390 e. The van der Waals surface area contributed by atoms with Crippen molar-refractivity contribution in [1.29, 1.82) is 0 Å². The Balaban J connectivity index is 2.50. The molecule has 1 N–H and O–H groups in total. The van der Waals surface area contributed by atoms with Gasteiger partial charge in [-0.15, -0.1) is 0 Å². The minimum Gasteiger partial charge on any atom is -0.310 e. The second kappa shape index (κ2) is 5.82. The highest BCUT2D eigenvalue weighted by Gasteiger charge is 2.29. The quantitative estimate of drug-likeness (QED) is 0.828. The van der Waals surface area contributed by atoms with E-state index < -0.39 is 18.6 Å². The summed E-state index contributed by atoms with van der Waals surface area (Å²) in [5.74, 6) is -0.385. The van der Waals surface area contributed by atoms with Gasteiger partial charge in [-0.2, -0.15) is 13.2 Å². The maximum absolute atomic E-state index is 12.8. The van der Waals surface area contributed by atoms with E-state index in [1.165, 1.54) is 25.1 Å². The molecular formula is C11H12BrF4N. The van der Waals surface area contributed by atoms with Gasteiger partial charge in [0.05, 0.1) is 6.42 Å². The summed E-state index contributed by atoms with van der Waals surface area (Å²) >= 11 is 3.16. The molecule has 1 aromatic carbocycles. The predicted molar refractivity (Wildman–Crippen MR) is 61.1 cm³/mol. The van der Waals surface area contributed by atoms with E-state index >= 15 is 0 Å². The molecule has 0 aliphatic carbocycles. The summed E-state index contributed by atoms with van der Waals surface area (Å²) in [6.07, 6.45) is -5.06. The summed E-state index contributed by atoms with van der Waals surface area (Å²) in [4.78, 5) is 0. The van der Waals surface area contributed by atoms with Crippen LogP contribution in [0.4, 0.5) is 17.6 Å². The maximum atomic E-state index is 12.8. The van der Waals surface area contributed by atoms with Gasteiger partial charge in [0.2, 0.25) is 0 Å². The van der Waals surface area contributed by atoms with Gasteiger partial charge in [0, 0.05) is 17.1 Å². The molecule has 17 heavy (non-hydrogen) atoms. The van der Waals surface area contributed by atoms with Crippen LogP contribution in [0.25, 0.3) is 0 Å². The first-order valence-corrected chi connectivity index (χ1v) is 5.81. The summed E-state index contributed by atoms with van der Waals surface area (Å²) in [5, 5.41) is 2.74. The van der Waals surface area contributed by atoms with Crippen molar-refractivity contribution < 1.29 is 17.6 Å². The first-order valence-electron chi connectivity index (χ1n) is 5.02. The van der Waals surface area contributed by atoms with Gasteiger partial charge in [0.25, 0.3) is 0 Å². The molecule has 0 saturated carbocycles. The zero-order valence-corrected chi connectivity index (χ0v) is 10.7. The Kier molecular flexibility index (Phi) is 4.94. The van der Waals surface area contributed by atoms with Gasteiger partial charge in [0.1, 0.15) is 5.82 Å². The lowest BCUT2D eigenvalue weighted by Crippen LogP contribution is -2.30. The smallest absolute Gasteiger partial charge is 0.310 e. The van der Waals surface area contributed by atoms with Crippen LogP contribution in [0.15, 0.2) is 22.7 Å². The lowest BCUT2D eigenvalue weighted by atomic mass is 10.2. The molecule has 1 unspecified atom stereocenters. The molecule has 0 amide bonds. The third kappa shape index (κ3) is 5.50. The SMILES string of the molecule is CC(CC(F)(F)F)NCc1ccc(F)cc1Br. The molecule has 1 rings (SSSR count). The lowest BCUT2D eigenvalue weighted by Gasteiger charge is -2.16. The zero-order chi connectivity index (χ0) is 13.1. The van der Waals surface area contributed by atoms with E-state index in [4.69, 9.17) is 0 Å². The second-order valence-electron chi connectivity index (χ2n) is 3.84. The molecule has 0 bridgehead atoms. The van der Waals surface area contributed by atoms with Gasteiger partial charge in [-0.1, -0.05) is 22.0 Å². The van der Waals surface area contributed by atoms with E-state index in [0.29, 0.717) is 4.47 Å². The van der Waals surface area contributed by atoms with Crippen molar-refractivity contribution in [2.45, 2.75) is 32.1 Å². The minimum absolute atomic E-state index is 0.262. The summed E-state index contributed by atoms with van der Waals surface area (Å²) in [6, 6.07) is 3.42. The normalized spacial score (nSPS) is 13.8. The monoisotopic (exact) mass is 313 g/mol. The highest BCUT2D eigenvalue weighted by Crippen LogP contribution is 2.22. The lowest BCUT2D eigenvalue weighted by molar-refractivity contribution is -0.139. The third-order valence-electron chi connectivity index (χ3n) is 2.19. The van der Waals surface area contributed by atoms with Crippen LogP contribution in [0.1, 0.15) is 18.9 Å². The van der Waals surface area contributed by atoms with Crippen LogP contribution in [-0.2, 0) is 6.54 Å². The van der Waals surface area contributed by atoms with E-state index in [0.717, 1.165) is 5.56 Å². The fraction of sp³-hybridized carbons (Fsp3) is 0.455. The summed E-state index contributed by atoms with van der Waals surface area (Å²) in [5.41, 5.74) is 0.723. The van der Waals surface area contributed by atoms with Gasteiger partial charge in [0.15, 0.2) is 0 Å². The maximum Gasteiger partial charge on any atom is 0.390 e. The minimum atomic E-state index is -4.17. The molecule has 1 nitrogen and oxygen atoms in total. The summed E-state index contributed by atoms with van der Waals surface area (Å²) in [7, 11) is 0. The van der Waals surface area contributed by atoms with Gasteiger partial charge in [-0.3, -0.25) is 0 Å². The highest BCUT2D eigenvalue weighted by atomic mass is 79.9. The number of hydrogen-bond donors (Lipinski definition) is 1. The van der Waals surface area contributed by atoms with E-state index in [-0.39, 0.29) is 12.4 Å². The van der Waals surface area contributed by atoms with Crippen LogP contribution < -0.4 is 5.32 Å².